The maximum Gasteiger partial charge on any atom is 0.0464 e. The van der Waals surface area contributed by atoms with Crippen LogP contribution in [0.2, 0.25) is 10.0 Å². The first-order valence-electron chi connectivity index (χ1n) is 6.87. The summed E-state index contributed by atoms with van der Waals surface area (Å²) in [6.07, 6.45) is 1.13. The topological polar surface area (TPSA) is 12.0 Å². The number of rotatable bonds is 4. The lowest BCUT2D eigenvalue weighted by atomic mass is 9.92. The number of hydrogen-bond acceptors (Lipinski definition) is 2. The van der Waals surface area contributed by atoms with Crippen LogP contribution >= 0.6 is 35.0 Å². The summed E-state index contributed by atoms with van der Waals surface area (Å²) in [5, 5.41) is 5.80. The fourth-order valence-electron chi connectivity index (χ4n) is 2.61. The number of nitrogens with one attached hydrogen (secondary N) is 1. The molecule has 0 aromatic heterocycles. The molecule has 4 heteroatoms. The van der Waals surface area contributed by atoms with Crippen molar-refractivity contribution in [1.82, 2.24) is 5.32 Å². The average molecular weight is 318 g/mol. The number of hydrogen-bond donors (Lipinski definition) is 1. The van der Waals surface area contributed by atoms with Crippen LogP contribution in [0.3, 0.4) is 0 Å². The molecule has 1 aromatic rings. The fraction of sp³-hybridized carbons (Fsp3) is 0.600. The molecular formula is C15H21Cl2NS. The maximum atomic E-state index is 6.35. The lowest BCUT2D eigenvalue weighted by Gasteiger charge is -2.37. The summed E-state index contributed by atoms with van der Waals surface area (Å²) in [7, 11) is 0. The Morgan fingerprint density at radius 1 is 1.37 bits per heavy atom. The summed E-state index contributed by atoms with van der Waals surface area (Å²) in [6, 6.07) is 4.30. The third-order valence-electron chi connectivity index (χ3n) is 3.55. The van der Waals surface area contributed by atoms with Crippen LogP contribution in [0.5, 0.6) is 0 Å². The van der Waals surface area contributed by atoms with E-state index in [0.717, 1.165) is 28.8 Å². The van der Waals surface area contributed by atoms with Crippen LogP contribution in [-0.2, 0) is 5.75 Å². The zero-order valence-electron chi connectivity index (χ0n) is 11.7. The molecule has 0 radical (unpaired) electrons. The molecule has 1 aromatic carbocycles. The van der Waals surface area contributed by atoms with Gasteiger partial charge in [-0.2, -0.15) is 11.8 Å². The smallest absolute Gasteiger partial charge is 0.0464 e. The highest BCUT2D eigenvalue weighted by Gasteiger charge is 2.32. The minimum atomic E-state index is 0.352. The third-order valence-corrected chi connectivity index (χ3v) is 5.76. The second-order valence-corrected chi connectivity index (χ2v) is 7.42. The number of halogens is 2. The summed E-state index contributed by atoms with van der Waals surface area (Å²) in [4.78, 5) is 0. The number of fused-ring (bicyclic) bond motifs is 1. The first-order valence-corrected chi connectivity index (χ1v) is 8.67. The zero-order valence-corrected chi connectivity index (χ0v) is 14.0. The monoisotopic (exact) mass is 317 g/mol. The Hall–Kier alpha value is 0.110. The molecule has 1 nitrogen and oxygen atoms in total. The van der Waals surface area contributed by atoms with Crippen LogP contribution in [0, 0.1) is 5.92 Å². The van der Waals surface area contributed by atoms with Crippen LogP contribution in [-0.4, -0.2) is 11.8 Å². The van der Waals surface area contributed by atoms with E-state index in [4.69, 9.17) is 23.2 Å². The van der Waals surface area contributed by atoms with Crippen molar-refractivity contribution in [1.29, 1.82) is 0 Å². The van der Waals surface area contributed by atoms with Crippen molar-refractivity contribution in [3.05, 3.63) is 33.3 Å². The predicted octanol–water partition coefficient (Wildman–Crippen LogP) is 5.31. The molecule has 1 N–H and O–H groups in total. The molecule has 0 saturated carbocycles. The summed E-state index contributed by atoms with van der Waals surface area (Å²) in [6.45, 7) is 7.79. The van der Waals surface area contributed by atoms with Crippen LogP contribution in [0.4, 0.5) is 0 Å². The number of benzene rings is 1. The quantitative estimate of drug-likeness (QED) is 0.808. The molecule has 0 bridgehead atoms. The maximum absolute atomic E-state index is 6.35. The van der Waals surface area contributed by atoms with Crippen LogP contribution < -0.4 is 5.32 Å². The summed E-state index contributed by atoms with van der Waals surface area (Å²) >= 11 is 14.5. The normalized spacial score (nSPS) is 22.6. The van der Waals surface area contributed by atoms with E-state index >= 15 is 0 Å². The van der Waals surface area contributed by atoms with Gasteiger partial charge in [0.05, 0.1) is 0 Å². The Labute approximate surface area is 130 Å². The Bertz CT molecular complexity index is 448. The highest BCUT2D eigenvalue weighted by atomic mass is 35.5. The van der Waals surface area contributed by atoms with Crippen LogP contribution in [0.25, 0.3) is 0 Å². The molecule has 0 spiro atoms. The second-order valence-electron chi connectivity index (χ2n) is 5.41. The fourth-order valence-corrected chi connectivity index (χ4v) is 4.77. The summed E-state index contributed by atoms with van der Waals surface area (Å²) in [5.41, 5.74) is 2.55. The molecule has 2 atom stereocenters. The largest absolute Gasteiger partial charge is 0.309 e. The third kappa shape index (κ3) is 3.41. The number of thioether (sulfide) groups is 1. The van der Waals surface area contributed by atoms with Gasteiger partial charge in [0.2, 0.25) is 0 Å². The van der Waals surface area contributed by atoms with Gasteiger partial charge in [0, 0.05) is 27.1 Å². The van der Waals surface area contributed by atoms with Gasteiger partial charge in [0.15, 0.2) is 0 Å². The van der Waals surface area contributed by atoms with E-state index in [1.54, 1.807) is 0 Å². The molecule has 1 heterocycles. The van der Waals surface area contributed by atoms with Crippen molar-refractivity contribution in [2.45, 2.75) is 44.2 Å². The summed E-state index contributed by atoms with van der Waals surface area (Å²) in [5.74, 6) is 1.61. The Balaban J connectivity index is 2.39. The van der Waals surface area contributed by atoms with E-state index in [-0.39, 0.29) is 0 Å². The molecule has 1 aliphatic heterocycles. The second kappa shape index (κ2) is 6.71. The predicted molar refractivity (Wildman–Crippen MR) is 87.4 cm³/mol. The average Bonchev–Trinajstić information content (AvgIpc) is 2.35. The Kier molecular flexibility index (Phi) is 5.47. The SMILES string of the molecule is CCCNC1c2cc(Cl)cc(Cl)c2CSC1C(C)C. The van der Waals surface area contributed by atoms with E-state index in [0.29, 0.717) is 17.2 Å². The minimum Gasteiger partial charge on any atom is -0.309 e. The van der Waals surface area contributed by atoms with Gasteiger partial charge in [-0.3, -0.25) is 0 Å². The highest BCUT2D eigenvalue weighted by Crippen LogP contribution is 2.44. The zero-order chi connectivity index (χ0) is 14.0. The lowest BCUT2D eigenvalue weighted by molar-refractivity contribution is 0.438. The Morgan fingerprint density at radius 3 is 2.74 bits per heavy atom. The van der Waals surface area contributed by atoms with Gasteiger partial charge in [-0.05, 0) is 42.1 Å². The van der Waals surface area contributed by atoms with Crippen molar-refractivity contribution >= 4 is 35.0 Å². The molecule has 19 heavy (non-hydrogen) atoms. The first-order chi connectivity index (χ1) is 9.04. The van der Waals surface area contributed by atoms with Gasteiger partial charge in [-0.1, -0.05) is 44.0 Å². The Morgan fingerprint density at radius 2 is 2.11 bits per heavy atom. The van der Waals surface area contributed by atoms with Crippen LogP contribution in [0.1, 0.15) is 44.4 Å². The van der Waals surface area contributed by atoms with Crippen molar-refractivity contribution in [3.63, 3.8) is 0 Å². The van der Waals surface area contributed by atoms with E-state index < -0.39 is 0 Å². The molecular weight excluding hydrogens is 297 g/mol. The van der Waals surface area contributed by atoms with E-state index in [1.807, 2.05) is 17.8 Å². The molecule has 2 unspecified atom stereocenters. The first kappa shape index (κ1) is 15.5. The van der Waals surface area contributed by atoms with Gasteiger partial charge in [0.25, 0.3) is 0 Å². The molecule has 1 aliphatic rings. The van der Waals surface area contributed by atoms with Gasteiger partial charge in [0.1, 0.15) is 0 Å². The molecule has 0 aliphatic carbocycles. The van der Waals surface area contributed by atoms with Crippen molar-refractivity contribution < 1.29 is 0 Å². The highest BCUT2D eigenvalue weighted by molar-refractivity contribution is 7.99. The summed E-state index contributed by atoms with van der Waals surface area (Å²) < 4.78 is 0. The van der Waals surface area contributed by atoms with E-state index in [2.05, 4.69) is 32.2 Å². The van der Waals surface area contributed by atoms with Crippen molar-refractivity contribution in [2.24, 2.45) is 5.92 Å². The van der Waals surface area contributed by atoms with Gasteiger partial charge >= 0.3 is 0 Å². The molecule has 0 fully saturated rings. The van der Waals surface area contributed by atoms with Crippen LogP contribution in [0.15, 0.2) is 12.1 Å². The van der Waals surface area contributed by atoms with E-state index in [1.165, 1.54) is 11.1 Å². The lowest BCUT2D eigenvalue weighted by Crippen LogP contribution is -2.36. The van der Waals surface area contributed by atoms with Gasteiger partial charge < -0.3 is 5.32 Å². The van der Waals surface area contributed by atoms with Gasteiger partial charge in [-0.15, -0.1) is 0 Å². The van der Waals surface area contributed by atoms with Crippen molar-refractivity contribution in [2.75, 3.05) is 6.54 Å². The van der Waals surface area contributed by atoms with Gasteiger partial charge in [-0.25, -0.2) is 0 Å². The minimum absolute atomic E-state index is 0.352. The molecule has 0 amide bonds. The standard InChI is InChI=1S/C15H21Cl2NS/c1-4-5-18-14-11-6-10(16)7-13(17)12(11)8-19-15(14)9(2)3/h6-7,9,14-15,18H,4-5,8H2,1-3H3. The molecule has 0 saturated heterocycles. The van der Waals surface area contributed by atoms with Crippen molar-refractivity contribution in [3.8, 4) is 0 Å². The van der Waals surface area contributed by atoms with E-state index in [9.17, 15) is 0 Å². The molecule has 106 valence electrons. The molecule has 2 rings (SSSR count).